The standard InChI is InChI=1S/C5H10INO2/c1-9-3-2-7-5(8)4-6/h2-4H2,1H3,(H,7,8). The average molecular weight is 243 g/mol. The molecule has 0 aromatic rings. The Labute approximate surface area is 68.3 Å². The lowest BCUT2D eigenvalue weighted by molar-refractivity contribution is -0.118. The van der Waals surface area contributed by atoms with Gasteiger partial charge >= 0.3 is 0 Å². The van der Waals surface area contributed by atoms with Crippen molar-refractivity contribution in [2.45, 2.75) is 0 Å². The third-order valence-corrected chi connectivity index (χ3v) is 1.44. The molecule has 0 aliphatic carbocycles. The summed E-state index contributed by atoms with van der Waals surface area (Å²) in [6.07, 6.45) is 0. The van der Waals surface area contributed by atoms with Gasteiger partial charge in [-0.05, 0) is 0 Å². The van der Waals surface area contributed by atoms with Crippen molar-refractivity contribution in [3.05, 3.63) is 0 Å². The van der Waals surface area contributed by atoms with Gasteiger partial charge in [-0.15, -0.1) is 0 Å². The van der Waals surface area contributed by atoms with Gasteiger partial charge in [-0.3, -0.25) is 4.79 Å². The zero-order valence-electron chi connectivity index (χ0n) is 5.32. The fourth-order valence-corrected chi connectivity index (χ4v) is 0.609. The Morgan fingerprint density at radius 3 is 2.89 bits per heavy atom. The van der Waals surface area contributed by atoms with Crippen LogP contribution >= 0.6 is 22.6 Å². The van der Waals surface area contributed by atoms with Crippen molar-refractivity contribution in [2.24, 2.45) is 0 Å². The second kappa shape index (κ2) is 6.28. The SMILES string of the molecule is COCCNC(=O)CI. The number of hydrogen-bond acceptors (Lipinski definition) is 2. The van der Waals surface area contributed by atoms with Crippen LogP contribution in [0.4, 0.5) is 0 Å². The molecule has 0 aliphatic rings. The maximum absolute atomic E-state index is 10.5. The first-order chi connectivity index (χ1) is 4.31. The first kappa shape index (κ1) is 9.16. The van der Waals surface area contributed by atoms with Crippen molar-refractivity contribution >= 4 is 28.5 Å². The monoisotopic (exact) mass is 243 g/mol. The van der Waals surface area contributed by atoms with Gasteiger partial charge in [-0.25, -0.2) is 0 Å². The third-order valence-electron chi connectivity index (χ3n) is 0.750. The molecule has 0 rings (SSSR count). The van der Waals surface area contributed by atoms with E-state index in [4.69, 9.17) is 4.74 Å². The van der Waals surface area contributed by atoms with Crippen LogP contribution in [0.5, 0.6) is 0 Å². The lowest BCUT2D eigenvalue weighted by Crippen LogP contribution is -2.27. The Balaban J connectivity index is 2.97. The van der Waals surface area contributed by atoms with Crippen LogP contribution in [0.3, 0.4) is 0 Å². The number of amides is 1. The molecule has 0 heterocycles. The van der Waals surface area contributed by atoms with E-state index in [9.17, 15) is 4.79 Å². The average Bonchev–Trinajstić information content (AvgIpc) is 1.89. The maximum Gasteiger partial charge on any atom is 0.229 e. The van der Waals surface area contributed by atoms with Crippen LogP contribution < -0.4 is 5.32 Å². The Morgan fingerprint density at radius 1 is 1.78 bits per heavy atom. The number of ether oxygens (including phenoxy) is 1. The largest absolute Gasteiger partial charge is 0.383 e. The van der Waals surface area contributed by atoms with E-state index >= 15 is 0 Å². The number of hydrogen-bond donors (Lipinski definition) is 1. The second-order valence-electron chi connectivity index (χ2n) is 1.48. The van der Waals surface area contributed by atoms with Crippen LogP contribution in [0.2, 0.25) is 0 Å². The van der Waals surface area contributed by atoms with E-state index in [-0.39, 0.29) is 5.91 Å². The van der Waals surface area contributed by atoms with E-state index in [0.717, 1.165) is 0 Å². The van der Waals surface area contributed by atoms with Crippen molar-refractivity contribution in [3.63, 3.8) is 0 Å². The van der Waals surface area contributed by atoms with Gasteiger partial charge in [-0.2, -0.15) is 0 Å². The van der Waals surface area contributed by atoms with Gasteiger partial charge in [0.25, 0.3) is 0 Å². The topological polar surface area (TPSA) is 38.3 Å². The minimum Gasteiger partial charge on any atom is -0.383 e. The second-order valence-corrected chi connectivity index (χ2v) is 2.24. The molecule has 0 atom stereocenters. The Kier molecular flexibility index (Phi) is 6.39. The molecule has 0 spiro atoms. The van der Waals surface area contributed by atoms with E-state index in [0.29, 0.717) is 17.6 Å². The molecule has 0 aromatic carbocycles. The van der Waals surface area contributed by atoms with Crippen molar-refractivity contribution in [3.8, 4) is 0 Å². The summed E-state index contributed by atoms with van der Waals surface area (Å²) in [6.45, 7) is 1.20. The van der Waals surface area contributed by atoms with Gasteiger partial charge in [0.1, 0.15) is 0 Å². The van der Waals surface area contributed by atoms with Gasteiger partial charge in [0.15, 0.2) is 0 Å². The summed E-state index contributed by atoms with van der Waals surface area (Å²) in [5.41, 5.74) is 0. The van der Waals surface area contributed by atoms with Crippen molar-refractivity contribution in [1.82, 2.24) is 5.32 Å². The van der Waals surface area contributed by atoms with Crippen LogP contribution in [-0.4, -0.2) is 30.6 Å². The van der Waals surface area contributed by atoms with Crippen LogP contribution in [0, 0.1) is 0 Å². The first-order valence-electron chi connectivity index (χ1n) is 2.63. The lowest BCUT2D eigenvalue weighted by Gasteiger charge is -1.99. The molecule has 0 bridgehead atoms. The summed E-state index contributed by atoms with van der Waals surface area (Å²) in [6, 6.07) is 0. The first-order valence-corrected chi connectivity index (χ1v) is 4.15. The third kappa shape index (κ3) is 6.04. The highest BCUT2D eigenvalue weighted by Crippen LogP contribution is 1.78. The summed E-state index contributed by atoms with van der Waals surface area (Å²) in [5.74, 6) is 0.0626. The lowest BCUT2D eigenvalue weighted by atomic mass is 10.6. The molecule has 3 nitrogen and oxygen atoms in total. The Bertz CT molecular complexity index is 87.0. The summed E-state index contributed by atoms with van der Waals surface area (Å²) in [7, 11) is 1.61. The zero-order valence-corrected chi connectivity index (χ0v) is 7.47. The highest BCUT2D eigenvalue weighted by atomic mass is 127. The molecule has 1 amide bonds. The molecule has 54 valence electrons. The van der Waals surface area contributed by atoms with Gasteiger partial charge < -0.3 is 10.1 Å². The van der Waals surface area contributed by atoms with E-state index in [1.165, 1.54) is 0 Å². The highest BCUT2D eigenvalue weighted by Gasteiger charge is 1.93. The number of carbonyl (C=O) groups excluding carboxylic acids is 1. The van der Waals surface area contributed by atoms with Crippen LogP contribution in [0.1, 0.15) is 0 Å². The molecule has 0 aromatic heterocycles. The van der Waals surface area contributed by atoms with Crippen LogP contribution in [-0.2, 0) is 9.53 Å². The van der Waals surface area contributed by atoms with Crippen LogP contribution in [0.25, 0.3) is 0 Å². The fourth-order valence-electron chi connectivity index (χ4n) is 0.340. The van der Waals surface area contributed by atoms with Crippen molar-refractivity contribution in [2.75, 3.05) is 24.7 Å². The molecule has 0 unspecified atom stereocenters. The smallest absolute Gasteiger partial charge is 0.229 e. The van der Waals surface area contributed by atoms with Gasteiger partial charge in [0.05, 0.1) is 11.0 Å². The van der Waals surface area contributed by atoms with Gasteiger partial charge in [-0.1, -0.05) is 22.6 Å². The van der Waals surface area contributed by atoms with E-state index < -0.39 is 0 Å². The molecule has 0 saturated carbocycles. The summed E-state index contributed by atoms with van der Waals surface area (Å²) in [4.78, 5) is 10.5. The summed E-state index contributed by atoms with van der Waals surface area (Å²) >= 11 is 2.01. The minimum atomic E-state index is 0.0626. The predicted octanol–water partition coefficient (Wildman–Crippen LogP) is 0.184. The molecular formula is C5H10INO2. The number of carbonyl (C=O) groups is 1. The number of nitrogens with one attached hydrogen (secondary N) is 1. The molecule has 0 fully saturated rings. The van der Waals surface area contributed by atoms with E-state index in [1.807, 2.05) is 22.6 Å². The number of methoxy groups -OCH3 is 1. The quantitative estimate of drug-likeness (QED) is 0.434. The molecule has 0 saturated heterocycles. The number of halogens is 1. The zero-order chi connectivity index (χ0) is 7.11. The Morgan fingerprint density at radius 2 is 2.44 bits per heavy atom. The normalized spacial score (nSPS) is 9.11. The van der Waals surface area contributed by atoms with Gasteiger partial charge in [0, 0.05) is 13.7 Å². The molecule has 1 N–H and O–H groups in total. The maximum atomic E-state index is 10.5. The molecule has 0 radical (unpaired) electrons. The Hall–Kier alpha value is 0.160. The predicted molar refractivity (Wildman–Crippen MR) is 43.8 cm³/mol. The minimum absolute atomic E-state index is 0.0626. The van der Waals surface area contributed by atoms with E-state index in [2.05, 4.69) is 5.32 Å². The van der Waals surface area contributed by atoms with Gasteiger partial charge in [0.2, 0.25) is 5.91 Å². The highest BCUT2D eigenvalue weighted by molar-refractivity contribution is 14.1. The van der Waals surface area contributed by atoms with Crippen molar-refractivity contribution < 1.29 is 9.53 Å². The summed E-state index contributed by atoms with van der Waals surface area (Å²) < 4.78 is 5.23. The molecule has 0 aliphatic heterocycles. The fraction of sp³-hybridized carbons (Fsp3) is 0.800. The molecule has 9 heavy (non-hydrogen) atoms. The number of rotatable bonds is 4. The van der Waals surface area contributed by atoms with Crippen molar-refractivity contribution in [1.29, 1.82) is 0 Å². The molecule has 4 heteroatoms. The van der Waals surface area contributed by atoms with E-state index in [1.54, 1.807) is 7.11 Å². The van der Waals surface area contributed by atoms with Crippen LogP contribution in [0.15, 0.2) is 0 Å². The summed E-state index contributed by atoms with van der Waals surface area (Å²) in [5, 5.41) is 2.66. The molecular weight excluding hydrogens is 233 g/mol. The number of alkyl halides is 1.